The van der Waals surface area contributed by atoms with Crippen LogP contribution in [0.1, 0.15) is 32.0 Å². The minimum atomic E-state index is -0.817. The SMILES string of the molecule is COc1ccc(NC(=O)c2ccc(CN3C(=O)c4ccc(Cl)cc4NC(=O)C3Cc3ccccn3)cc2)nc1. The molecule has 2 N–H and O–H groups in total. The van der Waals surface area contributed by atoms with Gasteiger partial charge in [0.2, 0.25) is 5.91 Å². The molecule has 1 unspecified atom stereocenters. The van der Waals surface area contributed by atoms with E-state index in [0.29, 0.717) is 39.1 Å². The maximum atomic E-state index is 13.7. The number of hydrogen-bond donors (Lipinski definition) is 2. The number of ether oxygens (including phenoxy) is 1. The molecular weight excluding hydrogens is 518 g/mol. The van der Waals surface area contributed by atoms with Crippen molar-refractivity contribution in [3.8, 4) is 5.75 Å². The van der Waals surface area contributed by atoms with Crippen LogP contribution in [0, 0.1) is 0 Å². The lowest BCUT2D eigenvalue weighted by Crippen LogP contribution is -2.46. The Morgan fingerprint density at radius 1 is 1.05 bits per heavy atom. The summed E-state index contributed by atoms with van der Waals surface area (Å²) >= 11 is 6.13. The van der Waals surface area contributed by atoms with E-state index in [1.54, 1.807) is 66.9 Å². The van der Waals surface area contributed by atoms with E-state index in [4.69, 9.17) is 16.3 Å². The van der Waals surface area contributed by atoms with E-state index in [2.05, 4.69) is 20.6 Å². The molecule has 39 heavy (non-hydrogen) atoms. The Kier molecular flexibility index (Phi) is 7.51. The second-order valence-corrected chi connectivity index (χ2v) is 9.32. The van der Waals surface area contributed by atoms with Crippen molar-refractivity contribution in [3.63, 3.8) is 0 Å². The lowest BCUT2D eigenvalue weighted by molar-refractivity contribution is -0.120. The molecule has 0 aliphatic carbocycles. The summed E-state index contributed by atoms with van der Waals surface area (Å²) in [6.07, 6.45) is 3.39. The number of carbonyl (C=O) groups is 3. The molecule has 2 aromatic carbocycles. The molecule has 3 amide bonds. The Bertz CT molecular complexity index is 1510. The fourth-order valence-electron chi connectivity index (χ4n) is 4.28. The van der Waals surface area contributed by atoms with Crippen LogP contribution in [-0.4, -0.2) is 45.7 Å². The third kappa shape index (κ3) is 5.89. The van der Waals surface area contributed by atoms with Crippen LogP contribution < -0.4 is 15.4 Å². The van der Waals surface area contributed by atoms with Gasteiger partial charge in [0.15, 0.2) is 0 Å². The first kappa shape index (κ1) is 25.9. The molecule has 3 heterocycles. The third-order valence-corrected chi connectivity index (χ3v) is 6.56. The van der Waals surface area contributed by atoms with Crippen LogP contribution in [0.25, 0.3) is 0 Å². The zero-order chi connectivity index (χ0) is 27.4. The van der Waals surface area contributed by atoms with E-state index in [0.717, 1.165) is 5.56 Å². The first-order chi connectivity index (χ1) is 18.9. The van der Waals surface area contributed by atoms with Crippen LogP contribution in [0.5, 0.6) is 5.75 Å². The van der Waals surface area contributed by atoms with Gasteiger partial charge in [-0.3, -0.25) is 19.4 Å². The molecule has 4 aromatic rings. The first-order valence-electron chi connectivity index (χ1n) is 12.1. The molecule has 0 spiro atoms. The van der Waals surface area contributed by atoms with Crippen molar-refractivity contribution >= 4 is 40.8 Å². The zero-order valence-corrected chi connectivity index (χ0v) is 21.7. The summed E-state index contributed by atoms with van der Waals surface area (Å²) in [7, 11) is 1.54. The largest absolute Gasteiger partial charge is 0.495 e. The average molecular weight is 542 g/mol. The number of amides is 3. The van der Waals surface area contributed by atoms with Crippen LogP contribution in [0.2, 0.25) is 5.02 Å². The van der Waals surface area contributed by atoms with Gasteiger partial charge in [-0.1, -0.05) is 29.8 Å². The standard InChI is InChI=1S/C29H24ClN5O4/c1-39-22-10-12-26(32-16-22)34-27(36)19-7-5-18(6-8-19)17-35-25(15-21-4-2-3-13-31-21)28(37)33-24-14-20(30)9-11-23(24)29(35)38/h2-14,16,25H,15,17H2,1H3,(H,33,37)(H,32,34,36). The van der Waals surface area contributed by atoms with Crippen LogP contribution >= 0.6 is 11.6 Å². The third-order valence-electron chi connectivity index (χ3n) is 6.32. The van der Waals surface area contributed by atoms with Crippen LogP contribution in [0.3, 0.4) is 0 Å². The van der Waals surface area contributed by atoms with E-state index in [1.807, 2.05) is 12.1 Å². The number of benzene rings is 2. The van der Waals surface area contributed by atoms with Crippen LogP contribution in [-0.2, 0) is 17.8 Å². The van der Waals surface area contributed by atoms with Crippen molar-refractivity contribution in [3.05, 3.63) is 113 Å². The van der Waals surface area contributed by atoms with Crippen LogP contribution in [0.15, 0.2) is 85.2 Å². The summed E-state index contributed by atoms with van der Waals surface area (Å²) in [6.45, 7) is 0.147. The van der Waals surface area contributed by atoms with E-state index in [-0.39, 0.29) is 30.7 Å². The number of hydrogen-bond acceptors (Lipinski definition) is 6. The van der Waals surface area contributed by atoms with Crippen molar-refractivity contribution in [2.24, 2.45) is 0 Å². The number of methoxy groups -OCH3 is 1. The smallest absolute Gasteiger partial charge is 0.256 e. The van der Waals surface area contributed by atoms with E-state index in [1.165, 1.54) is 18.2 Å². The molecule has 0 fully saturated rings. The second kappa shape index (κ2) is 11.3. The number of fused-ring (bicyclic) bond motifs is 1. The van der Waals surface area contributed by atoms with Gasteiger partial charge >= 0.3 is 0 Å². The van der Waals surface area contributed by atoms with Crippen molar-refractivity contribution in [2.75, 3.05) is 17.7 Å². The highest BCUT2D eigenvalue weighted by Crippen LogP contribution is 2.28. The van der Waals surface area contributed by atoms with Gasteiger partial charge in [0.25, 0.3) is 11.8 Å². The number of halogens is 1. The second-order valence-electron chi connectivity index (χ2n) is 8.89. The Morgan fingerprint density at radius 2 is 1.87 bits per heavy atom. The lowest BCUT2D eigenvalue weighted by atomic mass is 10.0. The normalized spacial score (nSPS) is 14.7. The number of anilines is 2. The monoisotopic (exact) mass is 541 g/mol. The number of pyridine rings is 2. The van der Waals surface area contributed by atoms with E-state index in [9.17, 15) is 14.4 Å². The molecular formula is C29H24ClN5O4. The first-order valence-corrected chi connectivity index (χ1v) is 12.5. The summed E-state index contributed by atoms with van der Waals surface area (Å²) in [4.78, 5) is 49.8. The van der Waals surface area contributed by atoms with Crippen molar-refractivity contribution in [2.45, 2.75) is 19.0 Å². The van der Waals surface area contributed by atoms with Crippen molar-refractivity contribution < 1.29 is 19.1 Å². The van der Waals surface area contributed by atoms with Gasteiger partial charge in [0, 0.05) is 35.4 Å². The van der Waals surface area contributed by atoms with Crippen LogP contribution in [0.4, 0.5) is 11.5 Å². The fourth-order valence-corrected chi connectivity index (χ4v) is 4.46. The summed E-state index contributed by atoms with van der Waals surface area (Å²) in [5.41, 5.74) is 2.56. The van der Waals surface area contributed by atoms with Crippen molar-refractivity contribution in [1.82, 2.24) is 14.9 Å². The van der Waals surface area contributed by atoms with Gasteiger partial charge in [0.05, 0.1) is 24.6 Å². The van der Waals surface area contributed by atoms with Gasteiger partial charge in [-0.2, -0.15) is 0 Å². The number of nitrogens with zero attached hydrogens (tertiary/aromatic N) is 3. The predicted octanol–water partition coefficient (Wildman–Crippen LogP) is 4.60. The fraction of sp³-hybridized carbons (Fsp3) is 0.138. The molecule has 1 atom stereocenters. The summed E-state index contributed by atoms with van der Waals surface area (Å²) in [6, 6.07) is 19.6. The zero-order valence-electron chi connectivity index (χ0n) is 20.9. The Morgan fingerprint density at radius 3 is 2.56 bits per heavy atom. The molecule has 10 heteroatoms. The van der Waals surface area contributed by atoms with Gasteiger partial charge in [-0.25, -0.2) is 4.98 Å². The predicted molar refractivity (Wildman–Crippen MR) is 147 cm³/mol. The van der Waals surface area contributed by atoms with E-state index >= 15 is 0 Å². The van der Waals surface area contributed by atoms with E-state index < -0.39 is 6.04 Å². The maximum Gasteiger partial charge on any atom is 0.256 e. The van der Waals surface area contributed by atoms with Gasteiger partial charge in [-0.05, 0) is 60.2 Å². The van der Waals surface area contributed by atoms with Gasteiger partial charge in [-0.15, -0.1) is 0 Å². The molecule has 0 bridgehead atoms. The molecule has 1 aliphatic heterocycles. The molecule has 9 nitrogen and oxygen atoms in total. The Hall–Kier alpha value is -4.76. The summed E-state index contributed by atoms with van der Waals surface area (Å²) in [5, 5.41) is 6.01. The highest BCUT2D eigenvalue weighted by Gasteiger charge is 2.36. The number of carbonyl (C=O) groups excluding carboxylic acids is 3. The average Bonchev–Trinajstić information content (AvgIpc) is 3.04. The molecule has 5 rings (SSSR count). The molecule has 0 saturated heterocycles. The highest BCUT2D eigenvalue weighted by atomic mass is 35.5. The summed E-state index contributed by atoms with van der Waals surface area (Å²) < 4.78 is 5.08. The lowest BCUT2D eigenvalue weighted by Gasteiger charge is -2.28. The molecule has 1 aliphatic rings. The summed E-state index contributed by atoms with van der Waals surface area (Å²) in [5.74, 6) is -0.00187. The van der Waals surface area contributed by atoms with Gasteiger partial charge in [0.1, 0.15) is 17.6 Å². The molecule has 196 valence electrons. The topological polar surface area (TPSA) is 114 Å². The molecule has 2 aromatic heterocycles. The minimum absolute atomic E-state index is 0.147. The molecule has 0 saturated carbocycles. The number of nitrogens with one attached hydrogen (secondary N) is 2. The number of aromatic nitrogens is 2. The molecule has 0 radical (unpaired) electrons. The quantitative estimate of drug-likeness (QED) is 0.353. The van der Waals surface area contributed by atoms with Crippen molar-refractivity contribution in [1.29, 1.82) is 0 Å². The minimum Gasteiger partial charge on any atom is -0.495 e. The van der Waals surface area contributed by atoms with Gasteiger partial charge < -0.3 is 20.3 Å². The maximum absolute atomic E-state index is 13.7. The Balaban J connectivity index is 1.39. The Labute approximate surface area is 229 Å². The number of rotatable bonds is 7. The highest BCUT2D eigenvalue weighted by molar-refractivity contribution is 6.31.